The van der Waals surface area contributed by atoms with E-state index < -0.39 is 16.8 Å². The normalized spacial score (nSPS) is 15.3. The molecule has 1 aromatic heterocycles. The van der Waals surface area contributed by atoms with Crippen LogP contribution in [0.3, 0.4) is 0 Å². The van der Waals surface area contributed by atoms with Crippen molar-refractivity contribution in [3.63, 3.8) is 0 Å². The highest BCUT2D eigenvalue weighted by atomic mass is 32.2. The first-order chi connectivity index (χ1) is 15.0. The number of nitrogens with one attached hydrogen (secondary N) is 1. The molecule has 1 atom stereocenters. The quantitative estimate of drug-likeness (QED) is 0.571. The van der Waals surface area contributed by atoms with Crippen molar-refractivity contribution in [2.75, 3.05) is 43.1 Å². The zero-order chi connectivity index (χ0) is 22.4. The number of pyridine rings is 1. The molecular weight excluding hydrogens is 421 g/mol. The van der Waals surface area contributed by atoms with Gasteiger partial charge in [0, 0.05) is 34.8 Å². The Morgan fingerprint density at radius 3 is 2.87 bits per heavy atom. The maximum absolute atomic E-state index is 14.8. The van der Waals surface area contributed by atoms with Gasteiger partial charge in [0.05, 0.1) is 38.3 Å². The van der Waals surface area contributed by atoms with E-state index in [1.54, 1.807) is 18.3 Å². The second kappa shape index (κ2) is 10.4. The minimum atomic E-state index is -1.38. The number of rotatable bonds is 8. The standard InChI is InChI=1S/C21H26FN5O3S/c1-3-6-31(28)27-18-9-13(8-17(22)20(18)29-2)15-7-14(11-26-21(15)24)16(10-23)19-12-30-5-4-25-19/h7-11,27H,3-6,12,23H2,1-2H3,(H2,24,26)/b16-10-. The maximum atomic E-state index is 14.8. The molecule has 5 N–H and O–H groups in total. The third-order valence-corrected chi connectivity index (χ3v) is 5.88. The molecule has 0 aliphatic carbocycles. The number of aliphatic imine (C=N–C) groups is 1. The van der Waals surface area contributed by atoms with Gasteiger partial charge in [-0.05, 0) is 30.2 Å². The average molecular weight is 448 g/mol. The molecule has 0 saturated heterocycles. The highest BCUT2D eigenvalue weighted by Gasteiger charge is 2.19. The van der Waals surface area contributed by atoms with Crippen LogP contribution in [0.25, 0.3) is 16.7 Å². The van der Waals surface area contributed by atoms with Crippen molar-refractivity contribution in [3.05, 3.63) is 42.0 Å². The van der Waals surface area contributed by atoms with Gasteiger partial charge in [0.25, 0.3) is 0 Å². The van der Waals surface area contributed by atoms with Crippen LogP contribution in [0.5, 0.6) is 5.75 Å². The first kappa shape index (κ1) is 22.7. The SMILES string of the molecule is CCCS(=O)Nc1cc(-c2cc(/C(=C/N)C3=NCCOC3)cnc2N)cc(F)c1OC. The van der Waals surface area contributed by atoms with Crippen molar-refractivity contribution in [1.29, 1.82) is 0 Å². The number of benzene rings is 1. The van der Waals surface area contributed by atoms with E-state index >= 15 is 0 Å². The molecule has 2 aromatic rings. The van der Waals surface area contributed by atoms with Gasteiger partial charge in [-0.2, -0.15) is 0 Å². The van der Waals surface area contributed by atoms with Gasteiger partial charge < -0.3 is 25.7 Å². The molecule has 0 radical (unpaired) electrons. The Hall–Kier alpha value is -2.98. The molecule has 1 aromatic carbocycles. The number of halogens is 1. The highest BCUT2D eigenvalue weighted by Crippen LogP contribution is 2.36. The Kier molecular flexibility index (Phi) is 7.59. The third-order valence-electron chi connectivity index (χ3n) is 4.66. The maximum Gasteiger partial charge on any atom is 0.178 e. The third kappa shape index (κ3) is 5.20. The Balaban J connectivity index is 2.06. The largest absolute Gasteiger partial charge is 0.492 e. The lowest BCUT2D eigenvalue weighted by Crippen LogP contribution is -2.20. The van der Waals surface area contributed by atoms with Crippen LogP contribution in [0, 0.1) is 5.82 Å². The summed E-state index contributed by atoms with van der Waals surface area (Å²) in [4.78, 5) is 8.73. The van der Waals surface area contributed by atoms with Crippen molar-refractivity contribution in [2.45, 2.75) is 13.3 Å². The van der Waals surface area contributed by atoms with E-state index in [1.165, 1.54) is 19.4 Å². The Morgan fingerprint density at radius 2 is 2.23 bits per heavy atom. The molecule has 0 saturated carbocycles. The summed E-state index contributed by atoms with van der Waals surface area (Å²) in [6.07, 6.45) is 3.74. The van der Waals surface area contributed by atoms with Crippen LogP contribution in [0.4, 0.5) is 15.9 Å². The number of ether oxygens (including phenoxy) is 2. The molecule has 166 valence electrons. The van der Waals surface area contributed by atoms with Gasteiger partial charge in [-0.1, -0.05) is 6.92 Å². The van der Waals surface area contributed by atoms with E-state index in [4.69, 9.17) is 20.9 Å². The molecule has 0 fully saturated rings. The van der Waals surface area contributed by atoms with Gasteiger partial charge in [-0.25, -0.2) is 13.6 Å². The van der Waals surface area contributed by atoms with Gasteiger partial charge in [0.15, 0.2) is 11.6 Å². The van der Waals surface area contributed by atoms with Crippen molar-refractivity contribution in [2.24, 2.45) is 10.7 Å². The number of nitrogen functional groups attached to an aromatic ring is 1. The molecule has 10 heteroatoms. The first-order valence-electron chi connectivity index (χ1n) is 9.80. The summed E-state index contributed by atoms with van der Waals surface area (Å²) in [7, 11) is -0.0216. The van der Waals surface area contributed by atoms with Crippen molar-refractivity contribution >= 4 is 33.8 Å². The minimum absolute atomic E-state index is 0.0212. The summed E-state index contributed by atoms with van der Waals surface area (Å²) in [5, 5.41) is 0. The topological polar surface area (TPSA) is 125 Å². The fourth-order valence-corrected chi connectivity index (χ4v) is 4.10. The fraction of sp³-hybridized carbons (Fsp3) is 0.333. The van der Waals surface area contributed by atoms with Gasteiger partial charge in [0.2, 0.25) is 0 Å². The van der Waals surface area contributed by atoms with E-state index in [2.05, 4.69) is 14.7 Å². The number of nitrogens with two attached hydrogens (primary N) is 2. The predicted molar refractivity (Wildman–Crippen MR) is 123 cm³/mol. The summed E-state index contributed by atoms with van der Waals surface area (Å²) in [5.74, 6) is 0.00275. The first-order valence-corrected chi connectivity index (χ1v) is 11.1. The van der Waals surface area contributed by atoms with Crippen molar-refractivity contribution in [3.8, 4) is 16.9 Å². The summed E-state index contributed by atoms with van der Waals surface area (Å²) < 4.78 is 40.4. The van der Waals surface area contributed by atoms with E-state index in [0.29, 0.717) is 59.9 Å². The molecule has 2 heterocycles. The number of anilines is 2. The van der Waals surface area contributed by atoms with Gasteiger partial charge >= 0.3 is 0 Å². The Bertz CT molecular complexity index is 1040. The molecule has 0 amide bonds. The van der Waals surface area contributed by atoms with Crippen molar-refractivity contribution < 1.29 is 18.1 Å². The molecule has 1 unspecified atom stereocenters. The van der Waals surface area contributed by atoms with Crippen LogP contribution in [0.2, 0.25) is 0 Å². The summed E-state index contributed by atoms with van der Waals surface area (Å²) in [6.45, 7) is 3.37. The van der Waals surface area contributed by atoms with E-state index in [1.807, 2.05) is 6.92 Å². The number of hydrogen-bond donors (Lipinski definition) is 3. The molecule has 8 nitrogen and oxygen atoms in total. The molecule has 1 aliphatic rings. The second-order valence-electron chi connectivity index (χ2n) is 6.81. The van der Waals surface area contributed by atoms with Crippen LogP contribution in [-0.2, 0) is 15.7 Å². The zero-order valence-electron chi connectivity index (χ0n) is 17.5. The van der Waals surface area contributed by atoms with Crippen LogP contribution in [0.15, 0.2) is 35.6 Å². The summed E-state index contributed by atoms with van der Waals surface area (Å²) in [6, 6.07) is 4.71. The van der Waals surface area contributed by atoms with Crippen molar-refractivity contribution in [1.82, 2.24) is 4.98 Å². The molecule has 1 aliphatic heterocycles. The molecule has 3 rings (SSSR count). The van der Waals surface area contributed by atoms with Crippen LogP contribution in [0.1, 0.15) is 18.9 Å². The van der Waals surface area contributed by atoms with Gasteiger partial charge in [-0.3, -0.25) is 4.99 Å². The minimum Gasteiger partial charge on any atom is -0.492 e. The Labute approximate surface area is 183 Å². The fourth-order valence-electron chi connectivity index (χ4n) is 3.23. The van der Waals surface area contributed by atoms with Gasteiger partial charge in [0.1, 0.15) is 16.8 Å². The van der Waals surface area contributed by atoms with E-state index in [9.17, 15) is 8.60 Å². The molecule has 0 bridgehead atoms. The zero-order valence-corrected chi connectivity index (χ0v) is 18.3. The van der Waals surface area contributed by atoms with Crippen LogP contribution in [-0.4, -0.2) is 47.5 Å². The monoisotopic (exact) mass is 447 g/mol. The number of nitrogens with zero attached hydrogens (tertiary/aromatic N) is 2. The Morgan fingerprint density at radius 1 is 1.42 bits per heavy atom. The lowest BCUT2D eigenvalue weighted by Gasteiger charge is -2.17. The second-order valence-corrected chi connectivity index (χ2v) is 8.11. The van der Waals surface area contributed by atoms with Gasteiger partial charge in [-0.15, -0.1) is 0 Å². The molecule has 31 heavy (non-hydrogen) atoms. The number of methoxy groups -OCH3 is 1. The predicted octanol–water partition coefficient (Wildman–Crippen LogP) is 2.73. The summed E-state index contributed by atoms with van der Waals surface area (Å²) in [5.41, 5.74) is 15.3. The number of hydrogen-bond acceptors (Lipinski definition) is 7. The lowest BCUT2D eigenvalue weighted by molar-refractivity contribution is 0.172. The average Bonchev–Trinajstić information content (AvgIpc) is 2.76. The summed E-state index contributed by atoms with van der Waals surface area (Å²) >= 11 is 0. The highest BCUT2D eigenvalue weighted by molar-refractivity contribution is 7.86. The van der Waals surface area contributed by atoms with E-state index in [-0.39, 0.29) is 17.3 Å². The molecular formula is C21H26FN5O3S. The lowest BCUT2D eigenvalue weighted by atomic mass is 9.98. The number of aromatic nitrogens is 1. The van der Waals surface area contributed by atoms with Crippen LogP contribution >= 0.6 is 0 Å². The smallest absolute Gasteiger partial charge is 0.178 e. The molecule has 0 spiro atoms. The van der Waals surface area contributed by atoms with E-state index in [0.717, 1.165) is 0 Å². The van der Waals surface area contributed by atoms with Crippen LogP contribution < -0.4 is 20.9 Å².